The lowest BCUT2D eigenvalue weighted by Gasteiger charge is -2.20. The Balaban J connectivity index is -0.000000333. The predicted octanol–water partition coefficient (Wildman–Crippen LogP) is 5.66. The second-order valence-corrected chi connectivity index (χ2v) is 5.12. The fraction of sp³-hybridized carbons (Fsp3) is 0.556. The average Bonchev–Trinajstić information content (AvgIpc) is 2.52. The molecule has 0 aromatic rings. The molecule has 0 aromatic carbocycles. The van der Waals surface area contributed by atoms with Crippen molar-refractivity contribution >= 4 is 0 Å². The molecule has 1 atom stereocenters. The summed E-state index contributed by atoms with van der Waals surface area (Å²) >= 11 is 0. The highest BCUT2D eigenvalue weighted by Gasteiger charge is 2.30. The lowest BCUT2D eigenvalue weighted by Crippen LogP contribution is -2.30. The first-order valence-electron chi connectivity index (χ1n) is 7.28. The van der Waals surface area contributed by atoms with Gasteiger partial charge in [-0.1, -0.05) is 27.0 Å². The third-order valence-corrected chi connectivity index (χ3v) is 2.46. The fourth-order valence-corrected chi connectivity index (χ4v) is 0.861. The Morgan fingerprint density at radius 3 is 1.83 bits per heavy atom. The minimum absolute atomic E-state index is 0.0387. The van der Waals surface area contributed by atoms with Gasteiger partial charge in [0.15, 0.2) is 5.83 Å². The molecule has 0 heterocycles. The van der Waals surface area contributed by atoms with Gasteiger partial charge in [0.2, 0.25) is 0 Å². The van der Waals surface area contributed by atoms with Crippen molar-refractivity contribution in [2.24, 2.45) is 5.92 Å². The summed E-state index contributed by atoms with van der Waals surface area (Å²) in [5.74, 6) is -2.82. The van der Waals surface area contributed by atoms with E-state index in [1.165, 1.54) is 21.1 Å². The molecule has 6 heteroatoms. The van der Waals surface area contributed by atoms with Crippen molar-refractivity contribution in [1.29, 1.82) is 0 Å². The highest BCUT2D eigenvalue weighted by molar-refractivity contribution is 5.23. The van der Waals surface area contributed by atoms with Crippen LogP contribution in [0.4, 0.5) is 13.2 Å². The van der Waals surface area contributed by atoms with Gasteiger partial charge in [-0.15, -0.1) is 13.2 Å². The Bertz CT molecular complexity index is 385. The van der Waals surface area contributed by atoms with Crippen molar-refractivity contribution in [3.05, 3.63) is 49.7 Å². The molecule has 0 aliphatic rings. The molecule has 0 saturated carbocycles. The summed E-state index contributed by atoms with van der Waals surface area (Å²) < 4.78 is 51.7. The highest BCUT2D eigenvalue weighted by atomic mass is 19.3. The summed E-state index contributed by atoms with van der Waals surface area (Å²) in [6, 6.07) is 0. The summed E-state index contributed by atoms with van der Waals surface area (Å²) in [6.07, 6.45) is 0.121. The van der Waals surface area contributed by atoms with Gasteiger partial charge >= 0.3 is 0 Å². The highest BCUT2D eigenvalue weighted by Crippen LogP contribution is 2.20. The molecular weight excluding hydrogens is 321 g/mol. The number of rotatable bonds is 8. The van der Waals surface area contributed by atoms with E-state index >= 15 is 0 Å². The Hall–Kier alpha value is -1.69. The topological polar surface area (TPSA) is 27.7 Å². The summed E-state index contributed by atoms with van der Waals surface area (Å²) in [6.45, 7) is 19.2. The van der Waals surface area contributed by atoms with Gasteiger partial charge < -0.3 is 14.2 Å². The molecule has 0 fully saturated rings. The maximum absolute atomic E-state index is 12.7. The van der Waals surface area contributed by atoms with Crippen molar-refractivity contribution in [2.45, 2.75) is 39.7 Å². The van der Waals surface area contributed by atoms with Crippen LogP contribution in [0.3, 0.4) is 0 Å². The average molecular weight is 352 g/mol. The van der Waals surface area contributed by atoms with Crippen LogP contribution in [0.15, 0.2) is 49.7 Å². The van der Waals surface area contributed by atoms with Gasteiger partial charge in [-0.05, 0) is 12.8 Å². The van der Waals surface area contributed by atoms with Crippen molar-refractivity contribution < 1.29 is 27.4 Å². The third-order valence-electron chi connectivity index (χ3n) is 2.46. The molecule has 3 nitrogen and oxygen atoms in total. The maximum atomic E-state index is 12.7. The van der Waals surface area contributed by atoms with Crippen molar-refractivity contribution in [3.63, 3.8) is 0 Å². The van der Waals surface area contributed by atoms with E-state index in [9.17, 15) is 13.2 Å². The van der Waals surface area contributed by atoms with E-state index < -0.39 is 17.9 Å². The van der Waals surface area contributed by atoms with Crippen LogP contribution in [-0.2, 0) is 14.2 Å². The molecule has 0 bridgehead atoms. The molecule has 142 valence electrons. The van der Waals surface area contributed by atoms with E-state index in [2.05, 4.69) is 35.8 Å². The molecule has 0 aromatic heterocycles. The first-order valence-corrected chi connectivity index (χ1v) is 7.28. The van der Waals surface area contributed by atoms with Gasteiger partial charge in [-0.25, -0.2) is 13.2 Å². The Kier molecular flexibility index (Phi) is 16.8. The largest absolute Gasteiger partial charge is 0.497 e. The van der Waals surface area contributed by atoms with E-state index in [1.54, 1.807) is 0 Å². The summed E-state index contributed by atoms with van der Waals surface area (Å²) in [4.78, 5) is 0. The number of methoxy groups -OCH3 is 2. The summed E-state index contributed by atoms with van der Waals surface area (Å²) in [5, 5.41) is 0. The van der Waals surface area contributed by atoms with E-state index in [1.807, 2.05) is 13.8 Å². The minimum Gasteiger partial charge on any atom is -0.497 e. The standard InChI is InChI=1S/C8H16F2O.C8H11FO2.C2H4/c1-6(2)5-11-7(3)8(4,9)10;1-6(10-3)5-8(9)7(2)11-4;1-2/h6-7H,5H2,1-4H3;5H,1-2H2,3-4H3;1-2H2/b;8-5+;. The lowest BCUT2D eigenvalue weighted by molar-refractivity contribution is -0.121. The molecule has 0 aliphatic heterocycles. The second kappa shape index (κ2) is 14.9. The zero-order valence-corrected chi connectivity index (χ0v) is 15.6. The zero-order valence-electron chi connectivity index (χ0n) is 15.6. The second-order valence-electron chi connectivity index (χ2n) is 5.12. The van der Waals surface area contributed by atoms with Crippen LogP contribution >= 0.6 is 0 Å². The predicted molar refractivity (Wildman–Crippen MR) is 93.6 cm³/mol. The van der Waals surface area contributed by atoms with Gasteiger partial charge in [-0.2, -0.15) is 0 Å². The molecule has 0 aliphatic carbocycles. The molecule has 0 spiro atoms. The number of allylic oxidation sites excluding steroid dienone is 2. The Morgan fingerprint density at radius 1 is 1.08 bits per heavy atom. The van der Waals surface area contributed by atoms with Gasteiger partial charge in [0, 0.05) is 19.6 Å². The minimum atomic E-state index is -2.73. The van der Waals surface area contributed by atoms with Crippen molar-refractivity contribution in [1.82, 2.24) is 0 Å². The van der Waals surface area contributed by atoms with E-state index in [0.29, 0.717) is 12.5 Å². The first kappa shape index (κ1) is 27.2. The number of hydrogen-bond donors (Lipinski definition) is 0. The Morgan fingerprint density at radius 2 is 1.54 bits per heavy atom. The molecule has 0 radical (unpaired) electrons. The van der Waals surface area contributed by atoms with Gasteiger partial charge in [0.25, 0.3) is 5.92 Å². The van der Waals surface area contributed by atoms with Crippen molar-refractivity contribution in [2.75, 3.05) is 20.8 Å². The summed E-state index contributed by atoms with van der Waals surface area (Å²) in [7, 11) is 2.74. The van der Waals surface area contributed by atoms with Crippen LogP contribution in [0.2, 0.25) is 0 Å². The SMILES string of the molecule is C=C.C=C(/C=C(/F)C(=C)OC)OC.CC(C)COC(C)C(C)(F)F. The van der Waals surface area contributed by atoms with Crippen LogP contribution in [0.1, 0.15) is 27.7 Å². The Labute approximate surface area is 144 Å². The van der Waals surface area contributed by atoms with Crippen LogP contribution in [-0.4, -0.2) is 32.9 Å². The molecule has 24 heavy (non-hydrogen) atoms. The number of halogens is 3. The van der Waals surface area contributed by atoms with E-state index in [0.717, 1.165) is 13.0 Å². The van der Waals surface area contributed by atoms with Crippen molar-refractivity contribution in [3.8, 4) is 0 Å². The smallest absolute Gasteiger partial charge is 0.270 e. The van der Waals surface area contributed by atoms with Gasteiger partial charge in [-0.3, -0.25) is 0 Å². The number of ether oxygens (including phenoxy) is 3. The normalized spacial score (nSPS) is 12.2. The molecule has 0 amide bonds. The fourth-order valence-electron chi connectivity index (χ4n) is 0.861. The quantitative estimate of drug-likeness (QED) is 0.320. The van der Waals surface area contributed by atoms with Gasteiger partial charge in [0.05, 0.1) is 14.2 Å². The van der Waals surface area contributed by atoms with Gasteiger partial charge in [0.1, 0.15) is 17.6 Å². The molecule has 0 rings (SSSR count). The number of alkyl halides is 2. The maximum Gasteiger partial charge on any atom is 0.270 e. The van der Waals surface area contributed by atoms with Crippen LogP contribution < -0.4 is 0 Å². The molecule has 0 N–H and O–H groups in total. The third kappa shape index (κ3) is 16.7. The first-order chi connectivity index (χ1) is 10.9. The molecular formula is C18H31F3O3. The van der Waals surface area contributed by atoms with E-state index in [4.69, 9.17) is 4.74 Å². The molecule has 1 unspecified atom stereocenters. The van der Waals surface area contributed by atoms with Crippen LogP contribution in [0, 0.1) is 5.92 Å². The monoisotopic (exact) mass is 352 g/mol. The lowest BCUT2D eigenvalue weighted by atomic mass is 10.2. The number of hydrogen-bond acceptors (Lipinski definition) is 3. The van der Waals surface area contributed by atoms with Crippen LogP contribution in [0.5, 0.6) is 0 Å². The zero-order chi connectivity index (χ0) is 19.9. The van der Waals surface area contributed by atoms with Crippen LogP contribution in [0.25, 0.3) is 0 Å². The van der Waals surface area contributed by atoms with E-state index in [-0.39, 0.29) is 11.5 Å². The molecule has 0 saturated heterocycles. The summed E-state index contributed by atoms with van der Waals surface area (Å²) in [5.41, 5.74) is 0.